The summed E-state index contributed by atoms with van der Waals surface area (Å²) in [5.74, 6) is 1.72. The van der Waals surface area contributed by atoms with E-state index in [1.165, 1.54) is 5.56 Å². The average Bonchev–Trinajstić information content (AvgIpc) is 2.60. The van der Waals surface area contributed by atoms with Gasteiger partial charge in [0.25, 0.3) is 5.56 Å². The predicted octanol–water partition coefficient (Wildman–Crippen LogP) is 4.00. The van der Waals surface area contributed by atoms with Crippen LogP contribution in [0, 0.1) is 6.92 Å². The molecule has 2 aromatic carbocycles. The van der Waals surface area contributed by atoms with E-state index in [4.69, 9.17) is 4.74 Å². The molecule has 120 valence electrons. The smallest absolute Gasteiger partial charge is 0.258 e. The van der Waals surface area contributed by atoms with Crippen molar-refractivity contribution in [3.63, 3.8) is 0 Å². The monoisotopic (exact) mass is 318 g/mol. The predicted molar refractivity (Wildman–Crippen MR) is 93.7 cm³/mol. The van der Waals surface area contributed by atoms with Crippen LogP contribution in [0.15, 0.2) is 47.3 Å². The molecule has 1 aliphatic rings. The van der Waals surface area contributed by atoms with Crippen molar-refractivity contribution in [3.05, 3.63) is 75.1 Å². The van der Waals surface area contributed by atoms with Gasteiger partial charge in [-0.1, -0.05) is 48.9 Å². The highest BCUT2D eigenvalue weighted by Gasteiger charge is 2.22. The first-order chi connectivity index (χ1) is 11.6. The second-order valence-corrected chi connectivity index (χ2v) is 6.14. The number of rotatable bonds is 2. The third-order valence-electron chi connectivity index (χ3n) is 4.40. The van der Waals surface area contributed by atoms with Gasteiger partial charge in [0, 0.05) is 12.0 Å². The van der Waals surface area contributed by atoms with Crippen LogP contribution in [0.1, 0.15) is 29.2 Å². The molecule has 24 heavy (non-hydrogen) atoms. The molecule has 4 nitrogen and oxygen atoms in total. The third-order valence-corrected chi connectivity index (χ3v) is 4.40. The number of aromatic nitrogens is 2. The molecule has 0 spiro atoms. The van der Waals surface area contributed by atoms with Crippen LogP contribution in [-0.4, -0.2) is 9.97 Å². The highest BCUT2D eigenvalue weighted by Crippen LogP contribution is 2.34. The molecule has 0 bridgehead atoms. The number of nitrogens with one attached hydrogen (secondary N) is 1. The lowest BCUT2D eigenvalue weighted by molar-refractivity contribution is 0.438. The van der Waals surface area contributed by atoms with Crippen LogP contribution in [0.4, 0.5) is 0 Å². The highest BCUT2D eigenvalue weighted by atomic mass is 16.5. The Morgan fingerprint density at radius 2 is 1.96 bits per heavy atom. The van der Waals surface area contributed by atoms with Gasteiger partial charge in [0.15, 0.2) is 0 Å². The van der Waals surface area contributed by atoms with Crippen LogP contribution >= 0.6 is 0 Å². The Labute approximate surface area is 140 Å². The summed E-state index contributed by atoms with van der Waals surface area (Å²) in [4.78, 5) is 19.9. The Morgan fingerprint density at radius 3 is 2.71 bits per heavy atom. The first-order valence-corrected chi connectivity index (χ1v) is 8.14. The van der Waals surface area contributed by atoms with Crippen molar-refractivity contribution in [3.8, 4) is 23.0 Å². The maximum absolute atomic E-state index is 12.5. The molecule has 0 fully saturated rings. The molecule has 0 radical (unpaired) electrons. The Balaban J connectivity index is 1.77. The minimum atomic E-state index is -0.137. The molecule has 0 aliphatic carbocycles. The van der Waals surface area contributed by atoms with E-state index in [-0.39, 0.29) is 5.56 Å². The van der Waals surface area contributed by atoms with Crippen LogP contribution in [0.25, 0.3) is 11.4 Å². The van der Waals surface area contributed by atoms with Crippen LogP contribution in [0.3, 0.4) is 0 Å². The van der Waals surface area contributed by atoms with E-state index in [1.54, 1.807) is 0 Å². The molecule has 0 unspecified atom stereocenters. The number of H-pyrrole nitrogens is 1. The van der Waals surface area contributed by atoms with E-state index < -0.39 is 0 Å². The van der Waals surface area contributed by atoms with Gasteiger partial charge in [-0.3, -0.25) is 4.79 Å². The van der Waals surface area contributed by atoms with Gasteiger partial charge in [0.05, 0.1) is 5.56 Å². The van der Waals surface area contributed by atoms with E-state index >= 15 is 0 Å². The number of aryl methyl sites for hydroxylation is 2. The summed E-state index contributed by atoms with van der Waals surface area (Å²) in [5, 5.41) is 0. The molecule has 0 atom stereocenters. The number of benzene rings is 2. The van der Waals surface area contributed by atoms with Gasteiger partial charge >= 0.3 is 0 Å². The summed E-state index contributed by atoms with van der Waals surface area (Å²) in [5.41, 5.74) is 4.75. The van der Waals surface area contributed by atoms with Crippen LogP contribution in [0.5, 0.6) is 11.6 Å². The van der Waals surface area contributed by atoms with Crippen molar-refractivity contribution in [2.45, 2.75) is 26.7 Å². The summed E-state index contributed by atoms with van der Waals surface area (Å²) in [7, 11) is 0. The van der Waals surface area contributed by atoms with Gasteiger partial charge in [0.1, 0.15) is 11.6 Å². The number of aromatic amines is 1. The molecular formula is C20H18N2O2. The van der Waals surface area contributed by atoms with Gasteiger partial charge in [-0.15, -0.1) is 0 Å². The summed E-state index contributed by atoms with van der Waals surface area (Å²) in [6.45, 7) is 4.14. The Morgan fingerprint density at radius 1 is 1.17 bits per heavy atom. The zero-order valence-electron chi connectivity index (χ0n) is 13.7. The number of nitrogens with zero attached hydrogens (tertiary/aromatic N) is 1. The lowest BCUT2D eigenvalue weighted by atomic mass is 10.0. The van der Waals surface area contributed by atoms with Crippen LogP contribution in [0.2, 0.25) is 0 Å². The Hall–Kier alpha value is -2.88. The zero-order chi connectivity index (χ0) is 16.7. The molecule has 4 heteroatoms. The van der Waals surface area contributed by atoms with Crippen molar-refractivity contribution in [1.82, 2.24) is 9.97 Å². The number of hydrogen-bond donors (Lipinski definition) is 1. The first-order valence-electron chi connectivity index (χ1n) is 8.14. The molecule has 1 N–H and O–H groups in total. The summed E-state index contributed by atoms with van der Waals surface area (Å²) in [6, 6.07) is 14.0. The van der Waals surface area contributed by atoms with Crippen LogP contribution < -0.4 is 10.3 Å². The summed E-state index contributed by atoms with van der Waals surface area (Å²) >= 11 is 0. The first kappa shape index (κ1) is 14.7. The maximum Gasteiger partial charge on any atom is 0.258 e. The quantitative estimate of drug-likeness (QED) is 0.607. The van der Waals surface area contributed by atoms with Crippen molar-refractivity contribution in [2.24, 2.45) is 0 Å². The SMILES string of the molecule is CCc1ccc(-c2nc3c(c(=O)[nH]2)Cc2cc(C)ccc2O3)cc1. The normalized spacial score (nSPS) is 12.2. The van der Waals surface area contributed by atoms with Gasteiger partial charge in [-0.05, 0) is 30.5 Å². The number of hydrogen-bond acceptors (Lipinski definition) is 3. The van der Waals surface area contributed by atoms with Crippen molar-refractivity contribution >= 4 is 0 Å². The molecular weight excluding hydrogens is 300 g/mol. The van der Waals surface area contributed by atoms with Crippen molar-refractivity contribution < 1.29 is 4.74 Å². The number of ether oxygens (including phenoxy) is 1. The van der Waals surface area contributed by atoms with Gasteiger partial charge in [0.2, 0.25) is 5.88 Å². The molecule has 4 rings (SSSR count). The van der Waals surface area contributed by atoms with E-state index in [0.29, 0.717) is 23.7 Å². The van der Waals surface area contributed by atoms with Crippen molar-refractivity contribution in [2.75, 3.05) is 0 Å². The largest absolute Gasteiger partial charge is 0.438 e. The lowest BCUT2D eigenvalue weighted by Gasteiger charge is -2.19. The van der Waals surface area contributed by atoms with E-state index in [1.807, 2.05) is 43.3 Å². The molecule has 0 amide bonds. The minimum absolute atomic E-state index is 0.137. The van der Waals surface area contributed by atoms with Gasteiger partial charge < -0.3 is 9.72 Å². The zero-order valence-corrected chi connectivity index (χ0v) is 13.7. The minimum Gasteiger partial charge on any atom is -0.438 e. The highest BCUT2D eigenvalue weighted by molar-refractivity contribution is 5.57. The Kier molecular flexibility index (Phi) is 3.45. The standard InChI is InChI=1S/C20H18N2O2/c1-3-13-5-7-14(8-6-13)18-21-19(23)16-11-15-10-12(2)4-9-17(15)24-20(16)22-18/h4-10H,3,11H2,1-2H3,(H,21,22,23). The third kappa shape index (κ3) is 2.50. The fourth-order valence-electron chi connectivity index (χ4n) is 2.99. The molecule has 2 heterocycles. The molecule has 1 aromatic heterocycles. The summed E-state index contributed by atoms with van der Waals surface area (Å²) < 4.78 is 5.89. The topological polar surface area (TPSA) is 55.0 Å². The Bertz CT molecular complexity index is 972. The van der Waals surface area contributed by atoms with E-state index in [2.05, 4.69) is 23.0 Å². The van der Waals surface area contributed by atoms with Crippen molar-refractivity contribution in [1.29, 1.82) is 0 Å². The average molecular weight is 318 g/mol. The lowest BCUT2D eigenvalue weighted by Crippen LogP contribution is -2.20. The van der Waals surface area contributed by atoms with E-state index in [9.17, 15) is 4.79 Å². The number of fused-ring (bicyclic) bond motifs is 2. The fraction of sp³-hybridized carbons (Fsp3) is 0.200. The second kappa shape index (κ2) is 5.64. The molecule has 0 saturated heterocycles. The molecule has 1 aliphatic heterocycles. The fourth-order valence-corrected chi connectivity index (χ4v) is 2.99. The molecule has 3 aromatic rings. The van der Waals surface area contributed by atoms with Crippen LogP contribution in [-0.2, 0) is 12.8 Å². The van der Waals surface area contributed by atoms with E-state index in [0.717, 1.165) is 28.9 Å². The summed E-state index contributed by atoms with van der Waals surface area (Å²) in [6.07, 6.45) is 1.53. The molecule has 0 saturated carbocycles. The van der Waals surface area contributed by atoms with Gasteiger partial charge in [-0.2, -0.15) is 4.98 Å². The maximum atomic E-state index is 12.5. The van der Waals surface area contributed by atoms with Gasteiger partial charge in [-0.25, -0.2) is 0 Å². The second-order valence-electron chi connectivity index (χ2n) is 6.14.